The van der Waals surface area contributed by atoms with E-state index in [9.17, 15) is 0 Å². The second kappa shape index (κ2) is 4.36. The molecule has 94 valence electrons. The smallest absolute Gasteiger partial charge is 0.0894 e. The Bertz CT molecular complexity index is 589. The van der Waals surface area contributed by atoms with Crippen molar-refractivity contribution in [2.24, 2.45) is 0 Å². The van der Waals surface area contributed by atoms with E-state index in [1.165, 1.54) is 16.5 Å². The molecule has 3 rings (SSSR count). The number of benzene rings is 1. The number of hydrogen-bond donors (Lipinski definition) is 0. The molecule has 2 heteroatoms. The summed E-state index contributed by atoms with van der Waals surface area (Å²) in [5.74, 6) is 0.545. The van der Waals surface area contributed by atoms with Crippen molar-refractivity contribution in [3.8, 4) is 0 Å². The molecule has 1 aliphatic rings. The van der Waals surface area contributed by atoms with Gasteiger partial charge in [-0.25, -0.2) is 0 Å². The second-order valence-corrected chi connectivity index (χ2v) is 5.53. The molecule has 0 N–H and O–H groups in total. The zero-order valence-electron chi connectivity index (χ0n) is 11.2. The first-order valence-electron chi connectivity index (χ1n) is 6.67. The fourth-order valence-corrected chi connectivity index (χ4v) is 2.52. The predicted molar refractivity (Wildman–Crippen MR) is 73.8 cm³/mol. The molecule has 1 aromatic carbocycles. The molecule has 0 bridgehead atoms. The van der Waals surface area contributed by atoms with Crippen molar-refractivity contribution in [2.45, 2.75) is 45.8 Å². The third kappa shape index (κ3) is 2.01. The van der Waals surface area contributed by atoms with Gasteiger partial charge in [-0.2, -0.15) is 0 Å². The predicted octanol–water partition coefficient (Wildman–Crippen LogP) is 3.82. The minimum atomic E-state index is 0.312. The van der Waals surface area contributed by atoms with Crippen molar-refractivity contribution in [1.82, 2.24) is 4.98 Å². The van der Waals surface area contributed by atoms with Gasteiger partial charge >= 0.3 is 0 Å². The van der Waals surface area contributed by atoms with Crippen LogP contribution in [0.3, 0.4) is 0 Å². The summed E-state index contributed by atoms with van der Waals surface area (Å²) in [6, 6.07) is 8.89. The zero-order valence-corrected chi connectivity index (χ0v) is 11.2. The Morgan fingerprint density at radius 2 is 2.11 bits per heavy atom. The van der Waals surface area contributed by atoms with E-state index in [4.69, 9.17) is 9.72 Å². The first kappa shape index (κ1) is 11.7. The molecule has 2 aromatic rings. The summed E-state index contributed by atoms with van der Waals surface area (Å²) in [6.45, 7) is 7.20. The molecule has 1 aromatic heterocycles. The van der Waals surface area contributed by atoms with Gasteiger partial charge in [-0.3, -0.25) is 4.98 Å². The van der Waals surface area contributed by atoms with Gasteiger partial charge in [0.05, 0.1) is 23.9 Å². The highest BCUT2D eigenvalue weighted by atomic mass is 16.5. The van der Waals surface area contributed by atoms with Crippen LogP contribution in [0.2, 0.25) is 0 Å². The van der Waals surface area contributed by atoms with Crippen molar-refractivity contribution < 1.29 is 4.74 Å². The molecule has 0 fully saturated rings. The summed E-state index contributed by atoms with van der Waals surface area (Å²) in [5.41, 5.74) is 4.90. The Balaban J connectivity index is 2.12. The lowest BCUT2D eigenvalue weighted by Crippen LogP contribution is -2.20. The van der Waals surface area contributed by atoms with Gasteiger partial charge in [-0.1, -0.05) is 26.0 Å². The Morgan fingerprint density at radius 1 is 1.28 bits per heavy atom. The van der Waals surface area contributed by atoms with Crippen LogP contribution in [0.4, 0.5) is 0 Å². The van der Waals surface area contributed by atoms with Crippen LogP contribution >= 0.6 is 0 Å². The maximum atomic E-state index is 5.67. The Labute approximate surface area is 108 Å². The van der Waals surface area contributed by atoms with Crippen LogP contribution in [0, 0.1) is 0 Å². The van der Waals surface area contributed by atoms with E-state index in [1.54, 1.807) is 0 Å². The molecule has 2 heterocycles. The van der Waals surface area contributed by atoms with E-state index in [1.807, 2.05) is 0 Å². The van der Waals surface area contributed by atoms with Gasteiger partial charge in [0.25, 0.3) is 0 Å². The summed E-state index contributed by atoms with van der Waals surface area (Å²) in [5, 5.41) is 1.24. The SMILES string of the molecule is CC(C)c1ccc2cc3c(nc2c1)CO[C@@H](C)C3. The maximum absolute atomic E-state index is 5.67. The molecular weight excluding hydrogens is 222 g/mol. The monoisotopic (exact) mass is 241 g/mol. The van der Waals surface area contributed by atoms with Crippen molar-refractivity contribution in [2.75, 3.05) is 0 Å². The van der Waals surface area contributed by atoms with E-state index in [-0.39, 0.29) is 0 Å². The van der Waals surface area contributed by atoms with Gasteiger partial charge < -0.3 is 4.74 Å². The van der Waals surface area contributed by atoms with E-state index in [0.29, 0.717) is 18.6 Å². The average molecular weight is 241 g/mol. The number of aromatic nitrogens is 1. The summed E-state index contributed by atoms with van der Waals surface area (Å²) >= 11 is 0. The number of fused-ring (bicyclic) bond motifs is 2. The molecule has 0 amide bonds. The lowest BCUT2D eigenvalue weighted by molar-refractivity contribution is 0.0387. The molecule has 0 radical (unpaired) electrons. The lowest BCUT2D eigenvalue weighted by atomic mass is 9.98. The highest BCUT2D eigenvalue weighted by Crippen LogP contribution is 2.26. The largest absolute Gasteiger partial charge is 0.372 e. The van der Waals surface area contributed by atoms with Gasteiger partial charge in [0.2, 0.25) is 0 Å². The molecule has 0 saturated carbocycles. The van der Waals surface area contributed by atoms with Gasteiger partial charge in [0.15, 0.2) is 0 Å². The average Bonchev–Trinajstić information content (AvgIpc) is 2.35. The summed E-state index contributed by atoms with van der Waals surface area (Å²) < 4.78 is 5.67. The van der Waals surface area contributed by atoms with Crippen LogP contribution in [0.25, 0.3) is 10.9 Å². The van der Waals surface area contributed by atoms with E-state index >= 15 is 0 Å². The molecular formula is C16H19NO. The fourth-order valence-electron chi connectivity index (χ4n) is 2.52. The van der Waals surface area contributed by atoms with Gasteiger partial charge in [-0.15, -0.1) is 0 Å². The van der Waals surface area contributed by atoms with Crippen LogP contribution in [-0.4, -0.2) is 11.1 Å². The third-order valence-corrected chi connectivity index (χ3v) is 3.69. The molecule has 0 unspecified atom stereocenters. The topological polar surface area (TPSA) is 22.1 Å². The fraction of sp³-hybridized carbons (Fsp3) is 0.438. The Hall–Kier alpha value is -1.41. The molecule has 0 spiro atoms. The second-order valence-electron chi connectivity index (χ2n) is 5.53. The number of nitrogens with zero attached hydrogens (tertiary/aromatic N) is 1. The maximum Gasteiger partial charge on any atom is 0.0894 e. The summed E-state index contributed by atoms with van der Waals surface area (Å²) in [7, 11) is 0. The number of hydrogen-bond acceptors (Lipinski definition) is 2. The molecule has 1 aliphatic heterocycles. The van der Waals surface area contributed by atoms with E-state index < -0.39 is 0 Å². The standard InChI is InChI=1S/C16H19NO/c1-10(2)12-4-5-13-7-14-6-11(3)18-9-16(14)17-15(13)8-12/h4-5,7-8,10-11H,6,9H2,1-3H3/t11-/m0/s1. The van der Waals surface area contributed by atoms with Crippen LogP contribution < -0.4 is 0 Å². The molecule has 0 saturated heterocycles. The lowest BCUT2D eigenvalue weighted by Gasteiger charge is -2.22. The van der Waals surface area contributed by atoms with Crippen LogP contribution in [-0.2, 0) is 17.8 Å². The van der Waals surface area contributed by atoms with Crippen LogP contribution in [0.1, 0.15) is 43.5 Å². The number of ether oxygens (including phenoxy) is 1. The molecule has 1 atom stereocenters. The van der Waals surface area contributed by atoms with Gasteiger partial charge in [0.1, 0.15) is 0 Å². The molecule has 2 nitrogen and oxygen atoms in total. The van der Waals surface area contributed by atoms with Crippen LogP contribution in [0.5, 0.6) is 0 Å². The highest BCUT2D eigenvalue weighted by Gasteiger charge is 2.17. The van der Waals surface area contributed by atoms with Crippen molar-refractivity contribution in [3.63, 3.8) is 0 Å². The highest BCUT2D eigenvalue weighted by molar-refractivity contribution is 5.80. The minimum absolute atomic E-state index is 0.312. The van der Waals surface area contributed by atoms with Crippen molar-refractivity contribution >= 4 is 10.9 Å². The zero-order chi connectivity index (χ0) is 12.7. The normalized spacial score (nSPS) is 19.2. The van der Waals surface area contributed by atoms with Crippen LogP contribution in [0.15, 0.2) is 24.3 Å². The van der Waals surface area contributed by atoms with Gasteiger partial charge in [0, 0.05) is 11.8 Å². The first-order valence-corrected chi connectivity index (χ1v) is 6.67. The Morgan fingerprint density at radius 3 is 2.89 bits per heavy atom. The van der Waals surface area contributed by atoms with Crippen molar-refractivity contribution in [1.29, 1.82) is 0 Å². The first-order chi connectivity index (χ1) is 8.63. The van der Waals surface area contributed by atoms with E-state index in [2.05, 4.69) is 45.0 Å². The number of rotatable bonds is 1. The summed E-state index contributed by atoms with van der Waals surface area (Å²) in [6.07, 6.45) is 1.29. The quantitative estimate of drug-likeness (QED) is 0.757. The van der Waals surface area contributed by atoms with E-state index in [0.717, 1.165) is 17.6 Å². The van der Waals surface area contributed by atoms with Gasteiger partial charge in [-0.05, 0) is 36.1 Å². The molecule has 18 heavy (non-hydrogen) atoms. The third-order valence-electron chi connectivity index (χ3n) is 3.69. The summed E-state index contributed by atoms with van der Waals surface area (Å²) in [4.78, 5) is 4.77. The number of pyridine rings is 1. The Kier molecular flexibility index (Phi) is 2.83. The minimum Gasteiger partial charge on any atom is -0.372 e. The van der Waals surface area contributed by atoms with Crippen molar-refractivity contribution in [3.05, 3.63) is 41.1 Å². The molecule has 0 aliphatic carbocycles.